The van der Waals surface area contributed by atoms with Gasteiger partial charge >= 0.3 is 0 Å². The smallest absolute Gasteiger partial charge is 0.0642 e. The monoisotopic (exact) mass is 298 g/mol. The molecule has 0 radical (unpaired) electrons. The van der Waals surface area contributed by atoms with E-state index in [0.29, 0.717) is 6.04 Å². The van der Waals surface area contributed by atoms with Crippen LogP contribution >= 0.6 is 11.6 Å². The molecule has 1 aromatic rings. The highest BCUT2D eigenvalue weighted by atomic mass is 35.5. The van der Waals surface area contributed by atoms with Crippen LogP contribution in [0, 0.1) is 0 Å². The topological polar surface area (TPSA) is 35.5 Å². The third kappa shape index (κ3) is 4.97. The van der Waals surface area contributed by atoms with Crippen molar-refractivity contribution in [3.63, 3.8) is 0 Å². The van der Waals surface area contributed by atoms with E-state index in [1.54, 1.807) is 0 Å². The zero-order valence-corrected chi connectivity index (χ0v) is 13.6. The highest BCUT2D eigenvalue weighted by Crippen LogP contribution is 2.29. The van der Waals surface area contributed by atoms with Gasteiger partial charge in [0.1, 0.15) is 0 Å². The molecule has 2 N–H and O–H groups in total. The van der Waals surface area contributed by atoms with Crippen molar-refractivity contribution in [3.05, 3.63) is 28.8 Å². The standard InChI is InChI=1S/C16H27ClN2O/c1-4-9-18-13(3)14-7-8-16(15(17)12-14)19(5-2)10-6-11-20/h7-8,12-13,18,20H,4-6,9-11H2,1-3H3. The average molecular weight is 299 g/mol. The van der Waals surface area contributed by atoms with Crippen LogP contribution in [-0.2, 0) is 0 Å². The predicted octanol–water partition coefficient (Wildman–Crippen LogP) is 3.61. The third-order valence-corrected chi connectivity index (χ3v) is 3.78. The van der Waals surface area contributed by atoms with Gasteiger partial charge in [0.05, 0.1) is 10.7 Å². The number of nitrogens with one attached hydrogen (secondary N) is 1. The summed E-state index contributed by atoms with van der Waals surface area (Å²) in [4.78, 5) is 2.20. The fraction of sp³-hybridized carbons (Fsp3) is 0.625. The van der Waals surface area contributed by atoms with Crippen molar-refractivity contribution in [2.45, 2.75) is 39.7 Å². The number of hydrogen-bond donors (Lipinski definition) is 2. The van der Waals surface area contributed by atoms with Crippen LogP contribution in [0.2, 0.25) is 5.02 Å². The Labute approximate surface area is 127 Å². The Balaban J connectivity index is 2.80. The zero-order chi connectivity index (χ0) is 15.0. The molecule has 0 heterocycles. The molecule has 1 atom stereocenters. The van der Waals surface area contributed by atoms with Gasteiger partial charge in [-0.25, -0.2) is 0 Å². The SMILES string of the molecule is CCCNC(C)c1ccc(N(CC)CCCO)c(Cl)c1. The Hall–Kier alpha value is -0.770. The lowest BCUT2D eigenvalue weighted by atomic mass is 10.1. The molecule has 0 aliphatic carbocycles. The molecule has 1 unspecified atom stereocenters. The van der Waals surface area contributed by atoms with E-state index >= 15 is 0 Å². The fourth-order valence-electron chi connectivity index (χ4n) is 2.24. The largest absolute Gasteiger partial charge is 0.396 e. The van der Waals surface area contributed by atoms with Crippen molar-refractivity contribution in [1.29, 1.82) is 0 Å². The van der Waals surface area contributed by atoms with Gasteiger partial charge in [-0.2, -0.15) is 0 Å². The Morgan fingerprint density at radius 3 is 2.65 bits per heavy atom. The van der Waals surface area contributed by atoms with Crippen LogP contribution < -0.4 is 10.2 Å². The van der Waals surface area contributed by atoms with Crippen molar-refractivity contribution >= 4 is 17.3 Å². The van der Waals surface area contributed by atoms with Crippen LogP contribution in [0.3, 0.4) is 0 Å². The van der Waals surface area contributed by atoms with E-state index in [1.807, 2.05) is 6.07 Å². The molecular formula is C16H27ClN2O. The molecule has 0 aromatic heterocycles. The van der Waals surface area contributed by atoms with E-state index in [-0.39, 0.29) is 6.61 Å². The minimum Gasteiger partial charge on any atom is -0.396 e. The Kier molecular flexibility index (Phi) is 7.97. The molecule has 0 saturated carbocycles. The fourth-order valence-corrected chi connectivity index (χ4v) is 2.55. The Morgan fingerprint density at radius 2 is 2.10 bits per heavy atom. The van der Waals surface area contributed by atoms with Gasteiger partial charge in [0.15, 0.2) is 0 Å². The van der Waals surface area contributed by atoms with Crippen molar-refractivity contribution in [1.82, 2.24) is 5.32 Å². The summed E-state index contributed by atoms with van der Waals surface area (Å²) in [7, 11) is 0. The lowest BCUT2D eigenvalue weighted by Crippen LogP contribution is -2.25. The number of aliphatic hydroxyl groups excluding tert-OH is 1. The van der Waals surface area contributed by atoms with E-state index in [4.69, 9.17) is 16.7 Å². The van der Waals surface area contributed by atoms with Crippen molar-refractivity contribution < 1.29 is 5.11 Å². The molecule has 0 saturated heterocycles. The minimum atomic E-state index is 0.212. The quantitative estimate of drug-likeness (QED) is 0.731. The molecule has 20 heavy (non-hydrogen) atoms. The van der Waals surface area contributed by atoms with Gasteiger partial charge in [0, 0.05) is 25.7 Å². The lowest BCUT2D eigenvalue weighted by molar-refractivity contribution is 0.289. The van der Waals surface area contributed by atoms with Gasteiger partial charge in [-0.05, 0) is 50.9 Å². The normalized spacial score (nSPS) is 12.4. The number of halogens is 1. The first-order chi connectivity index (χ1) is 9.63. The van der Waals surface area contributed by atoms with Crippen molar-refractivity contribution in [3.8, 4) is 0 Å². The van der Waals surface area contributed by atoms with Crippen LogP contribution in [0.4, 0.5) is 5.69 Å². The zero-order valence-electron chi connectivity index (χ0n) is 12.8. The second kappa shape index (κ2) is 9.22. The van der Waals surface area contributed by atoms with E-state index in [0.717, 1.165) is 43.2 Å². The van der Waals surface area contributed by atoms with E-state index in [9.17, 15) is 0 Å². The summed E-state index contributed by atoms with van der Waals surface area (Å²) in [6.45, 7) is 9.37. The molecule has 1 aromatic carbocycles. The first-order valence-corrected chi connectivity index (χ1v) is 7.90. The second-order valence-electron chi connectivity index (χ2n) is 5.04. The molecular weight excluding hydrogens is 272 g/mol. The molecule has 0 fully saturated rings. The highest BCUT2D eigenvalue weighted by Gasteiger charge is 2.11. The van der Waals surface area contributed by atoms with Crippen molar-refractivity contribution in [2.75, 3.05) is 31.1 Å². The average Bonchev–Trinajstić information content (AvgIpc) is 2.46. The van der Waals surface area contributed by atoms with E-state index in [2.05, 4.69) is 43.1 Å². The number of nitrogens with zero attached hydrogens (tertiary/aromatic N) is 1. The lowest BCUT2D eigenvalue weighted by Gasteiger charge is -2.25. The maximum Gasteiger partial charge on any atom is 0.0642 e. The van der Waals surface area contributed by atoms with Crippen LogP contribution in [0.15, 0.2) is 18.2 Å². The Morgan fingerprint density at radius 1 is 1.35 bits per heavy atom. The maximum absolute atomic E-state index is 8.96. The summed E-state index contributed by atoms with van der Waals surface area (Å²) in [5.74, 6) is 0. The van der Waals surface area contributed by atoms with Crippen LogP contribution in [0.25, 0.3) is 0 Å². The second-order valence-corrected chi connectivity index (χ2v) is 5.45. The molecule has 0 aliphatic heterocycles. The number of benzene rings is 1. The van der Waals surface area contributed by atoms with Gasteiger partial charge in [0.25, 0.3) is 0 Å². The number of hydrogen-bond acceptors (Lipinski definition) is 3. The van der Waals surface area contributed by atoms with Gasteiger partial charge < -0.3 is 15.3 Å². The number of aliphatic hydroxyl groups is 1. The molecule has 0 bridgehead atoms. The maximum atomic E-state index is 8.96. The van der Waals surface area contributed by atoms with Crippen LogP contribution in [0.5, 0.6) is 0 Å². The number of rotatable bonds is 9. The van der Waals surface area contributed by atoms with Gasteiger partial charge in [-0.15, -0.1) is 0 Å². The van der Waals surface area contributed by atoms with Crippen LogP contribution in [-0.4, -0.2) is 31.3 Å². The molecule has 114 valence electrons. The van der Waals surface area contributed by atoms with Crippen molar-refractivity contribution in [2.24, 2.45) is 0 Å². The summed E-state index contributed by atoms with van der Waals surface area (Å²) in [5.41, 5.74) is 2.26. The van der Waals surface area contributed by atoms with Gasteiger partial charge in [0.2, 0.25) is 0 Å². The first kappa shape index (κ1) is 17.3. The predicted molar refractivity (Wildman–Crippen MR) is 87.8 cm³/mol. The summed E-state index contributed by atoms with van der Waals surface area (Å²) in [6.07, 6.45) is 1.89. The molecule has 0 spiro atoms. The number of anilines is 1. The van der Waals surface area contributed by atoms with E-state index < -0.39 is 0 Å². The van der Waals surface area contributed by atoms with Gasteiger partial charge in [-0.3, -0.25) is 0 Å². The molecule has 3 nitrogen and oxygen atoms in total. The van der Waals surface area contributed by atoms with Gasteiger partial charge in [-0.1, -0.05) is 24.6 Å². The molecule has 4 heteroatoms. The first-order valence-electron chi connectivity index (χ1n) is 7.52. The Bertz CT molecular complexity index is 398. The summed E-state index contributed by atoms with van der Waals surface area (Å²) >= 11 is 6.43. The summed E-state index contributed by atoms with van der Waals surface area (Å²) < 4.78 is 0. The molecule has 0 aliphatic rings. The van der Waals surface area contributed by atoms with Crippen LogP contribution in [0.1, 0.15) is 45.2 Å². The third-order valence-electron chi connectivity index (χ3n) is 3.48. The minimum absolute atomic E-state index is 0.212. The molecule has 1 rings (SSSR count). The van der Waals surface area contributed by atoms with E-state index in [1.165, 1.54) is 5.56 Å². The highest BCUT2D eigenvalue weighted by molar-refractivity contribution is 6.33. The molecule has 0 amide bonds. The summed E-state index contributed by atoms with van der Waals surface area (Å²) in [5, 5.41) is 13.2. The summed E-state index contributed by atoms with van der Waals surface area (Å²) in [6, 6.07) is 6.58.